The van der Waals surface area contributed by atoms with Crippen LogP contribution in [0.1, 0.15) is 57.8 Å². The minimum atomic E-state index is -0.0436. The predicted molar refractivity (Wildman–Crippen MR) is 117 cm³/mol. The summed E-state index contributed by atoms with van der Waals surface area (Å²) in [4.78, 5) is 34.5. The first kappa shape index (κ1) is 23.2. The van der Waals surface area contributed by atoms with Crippen molar-refractivity contribution < 1.29 is 14.4 Å². The van der Waals surface area contributed by atoms with Gasteiger partial charge in [0.05, 0.1) is 12.1 Å². The molecule has 0 aliphatic carbocycles. The zero-order valence-corrected chi connectivity index (χ0v) is 18.2. The maximum Gasteiger partial charge on any atom is 0.315 e. The second-order valence-electron chi connectivity index (χ2n) is 7.46. The highest BCUT2D eigenvalue weighted by Crippen LogP contribution is 2.33. The van der Waals surface area contributed by atoms with Gasteiger partial charge in [-0.25, -0.2) is 4.79 Å². The van der Waals surface area contributed by atoms with Crippen molar-refractivity contribution in [2.45, 2.75) is 75.1 Å². The fourth-order valence-corrected chi connectivity index (χ4v) is 5.36. The van der Waals surface area contributed by atoms with Gasteiger partial charge in [0, 0.05) is 36.9 Å². The number of nitrogens with one attached hydrogen (secondary N) is 4. The maximum absolute atomic E-state index is 11.9. The molecule has 2 rings (SSSR count). The Morgan fingerprint density at radius 1 is 0.964 bits per heavy atom. The first-order chi connectivity index (χ1) is 13.6. The molecule has 0 radical (unpaired) electrons. The Balaban J connectivity index is 1.37. The van der Waals surface area contributed by atoms with Gasteiger partial charge in [-0.05, 0) is 31.4 Å². The molecule has 0 aromatic heterocycles. The normalized spacial score (nSPS) is 23.0. The molecule has 0 saturated carbocycles. The molecule has 0 spiro atoms. The Bertz CT molecular complexity index is 521. The van der Waals surface area contributed by atoms with Crippen LogP contribution in [0, 0.1) is 0 Å². The average molecular weight is 431 g/mol. The van der Waals surface area contributed by atoms with E-state index in [0.29, 0.717) is 23.8 Å². The number of fused-ring (bicyclic) bond motifs is 1. The number of thiol groups is 1. The summed E-state index contributed by atoms with van der Waals surface area (Å²) in [6.07, 6.45) is 8.08. The molecule has 160 valence electrons. The van der Waals surface area contributed by atoms with Crippen LogP contribution in [0.3, 0.4) is 0 Å². The fourth-order valence-electron chi connectivity index (χ4n) is 3.61. The zero-order chi connectivity index (χ0) is 20.2. The Morgan fingerprint density at radius 2 is 1.64 bits per heavy atom. The number of unbranched alkanes of at least 4 members (excludes halogenated alkanes) is 4. The van der Waals surface area contributed by atoms with E-state index in [1.54, 1.807) is 0 Å². The van der Waals surface area contributed by atoms with Gasteiger partial charge in [0.15, 0.2) is 0 Å². The first-order valence-electron chi connectivity index (χ1n) is 10.4. The number of rotatable bonds is 14. The van der Waals surface area contributed by atoms with Gasteiger partial charge >= 0.3 is 6.03 Å². The van der Waals surface area contributed by atoms with Crippen molar-refractivity contribution in [1.29, 1.82) is 0 Å². The van der Waals surface area contributed by atoms with Crippen molar-refractivity contribution in [3.05, 3.63) is 0 Å². The highest BCUT2D eigenvalue weighted by Gasteiger charge is 2.42. The highest BCUT2D eigenvalue weighted by atomic mass is 32.2. The second-order valence-corrected chi connectivity index (χ2v) is 9.17. The third-order valence-electron chi connectivity index (χ3n) is 5.17. The van der Waals surface area contributed by atoms with Crippen LogP contribution in [-0.2, 0) is 9.59 Å². The largest absolute Gasteiger partial charge is 0.356 e. The van der Waals surface area contributed by atoms with E-state index in [1.807, 2.05) is 11.8 Å². The summed E-state index contributed by atoms with van der Waals surface area (Å²) in [6, 6.07) is 0.482. The van der Waals surface area contributed by atoms with Crippen molar-refractivity contribution in [3.8, 4) is 0 Å². The van der Waals surface area contributed by atoms with Crippen LogP contribution in [-0.4, -0.2) is 59.8 Å². The smallest absolute Gasteiger partial charge is 0.315 e. The molecule has 3 atom stereocenters. The number of urea groups is 1. The monoisotopic (exact) mass is 430 g/mol. The van der Waals surface area contributed by atoms with Crippen LogP contribution in [0.2, 0.25) is 0 Å². The van der Waals surface area contributed by atoms with E-state index in [4.69, 9.17) is 0 Å². The molecule has 2 aliphatic heterocycles. The molecule has 2 heterocycles. The van der Waals surface area contributed by atoms with Gasteiger partial charge in [-0.2, -0.15) is 24.4 Å². The molecular formula is C19H34N4O3S2. The fraction of sp³-hybridized carbons (Fsp3) is 0.842. The Labute approximate surface area is 177 Å². The van der Waals surface area contributed by atoms with Crippen LogP contribution in [0.4, 0.5) is 4.79 Å². The lowest BCUT2D eigenvalue weighted by Gasteiger charge is -2.16. The molecule has 4 N–H and O–H groups in total. The lowest BCUT2D eigenvalue weighted by molar-refractivity contribution is -0.121. The standard InChI is InChI=1S/C19H34N4O3S2/c24-16(20-10-5-1-2-6-11-21-17(25)9-12-27)8-4-3-7-15-18-14(13-28-15)22-19(26)23-18/h14-15,18,27H,1-13H2,(H,20,24)(H,21,25)(H2,22,23,26)/t14-,15?,18-/m0/s1. The average Bonchev–Trinajstić information content (AvgIpc) is 3.20. The van der Waals surface area contributed by atoms with Gasteiger partial charge in [-0.15, -0.1) is 0 Å². The summed E-state index contributed by atoms with van der Waals surface area (Å²) in [5.41, 5.74) is 0. The van der Waals surface area contributed by atoms with Crippen molar-refractivity contribution >= 4 is 42.2 Å². The first-order valence-corrected chi connectivity index (χ1v) is 12.1. The van der Waals surface area contributed by atoms with E-state index < -0.39 is 0 Å². The van der Waals surface area contributed by atoms with Gasteiger partial charge < -0.3 is 21.3 Å². The van der Waals surface area contributed by atoms with Crippen LogP contribution >= 0.6 is 24.4 Å². The molecule has 28 heavy (non-hydrogen) atoms. The summed E-state index contributed by atoms with van der Waals surface area (Å²) >= 11 is 5.95. The molecule has 2 aliphatic rings. The molecule has 4 amide bonds. The minimum absolute atomic E-state index is 0.0436. The van der Waals surface area contributed by atoms with Gasteiger partial charge in [0.25, 0.3) is 0 Å². The summed E-state index contributed by atoms with van der Waals surface area (Å²) in [5, 5.41) is 12.3. The summed E-state index contributed by atoms with van der Waals surface area (Å²) < 4.78 is 0. The Morgan fingerprint density at radius 3 is 2.32 bits per heavy atom. The third-order valence-corrected chi connectivity index (χ3v) is 6.90. The third kappa shape index (κ3) is 8.51. The SMILES string of the molecule is O=C(CCS)NCCCCCCNC(=O)CCCCC1SC[C@@H]2NC(=O)N[C@H]12. The number of carbonyl (C=O) groups excluding carboxylic acids is 3. The number of carbonyl (C=O) groups is 3. The second kappa shape index (κ2) is 13.2. The number of hydrogen-bond acceptors (Lipinski definition) is 5. The molecule has 7 nitrogen and oxygen atoms in total. The van der Waals surface area contributed by atoms with Crippen LogP contribution in [0.25, 0.3) is 0 Å². The predicted octanol–water partition coefficient (Wildman–Crippen LogP) is 1.82. The van der Waals surface area contributed by atoms with E-state index in [2.05, 4.69) is 33.9 Å². The summed E-state index contributed by atoms with van der Waals surface area (Å²) in [7, 11) is 0. The quantitative estimate of drug-likeness (QED) is 0.165. The summed E-state index contributed by atoms with van der Waals surface area (Å²) in [5.74, 6) is 1.77. The lowest BCUT2D eigenvalue weighted by atomic mass is 10.0. The molecule has 0 aromatic carbocycles. The van der Waals surface area contributed by atoms with Crippen LogP contribution < -0.4 is 21.3 Å². The van der Waals surface area contributed by atoms with Gasteiger partial charge in [0.1, 0.15) is 0 Å². The van der Waals surface area contributed by atoms with Crippen molar-refractivity contribution in [3.63, 3.8) is 0 Å². The molecule has 0 aromatic rings. The molecule has 9 heteroatoms. The van der Waals surface area contributed by atoms with Gasteiger partial charge in [-0.3, -0.25) is 9.59 Å². The van der Waals surface area contributed by atoms with Crippen LogP contribution in [0.5, 0.6) is 0 Å². The molecule has 0 bridgehead atoms. The Hall–Kier alpha value is -1.09. The van der Waals surface area contributed by atoms with Crippen LogP contribution in [0.15, 0.2) is 0 Å². The topological polar surface area (TPSA) is 99.3 Å². The lowest BCUT2D eigenvalue weighted by Crippen LogP contribution is -2.36. The van der Waals surface area contributed by atoms with Crippen molar-refractivity contribution in [1.82, 2.24) is 21.3 Å². The van der Waals surface area contributed by atoms with E-state index in [9.17, 15) is 14.4 Å². The molecule has 1 unspecified atom stereocenters. The van der Waals surface area contributed by atoms with Crippen molar-refractivity contribution in [2.24, 2.45) is 0 Å². The molecular weight excluding hydrogens is 396 g/mol. The van der Waals surface area contributed by atoms with E-state index >= 15 is 0 Å². The van der Waals surface area contributed by atoms with Gasteiger partial charge in [0.2, 0.25) is 11.8 Å². The molecule has 2 fully saturated rings. The minimum Gasteiger partial charge on any atom is -0.356 e. The van der Waals surface area contributed by atoms with Gasteiger partial charge in [-0.1, -0.05) is 19.3 Å². The van der Waals surface area contributed by atoms with E-state index in [-0.39, 0.29) is 29.9 Å². The maximum atomic E-state index is 11.9. The number of hydrogen-bond donors (Lipinski definition) is 5. The van der Waals surface area contributed by atoms with E-state index in [1.165, 1.54) is 0 Å². The van der Waals surface area contributed by atoms with E-state index in [0.717, 1.165) is 63.8 Å². The Kier molecular flexibility index (Phi) is 10.9. The molecule has 2 saturated heterocycles. The zero-order valence-electron chi connectivity index (χ0n) is 16.5. The highest BCUT2D eigenvalue weighted by molar-refractivity contribution is 8.00. The number of amides is 4. The van der Waals surface area contributed by atoms with Crippen molar-refractivity contribution in [2.75, 3.05) is 24.6 Å². The summed E-state index contributed by atoms with van der Waals surface area (Å²) in [6.45, 7) is 1.45. The number of thioether (sulfide) groups is 1.